The number of halogens is 2. The van der Waals surface area contributed by atoms with E-state index in [1.54, 1.807) is 0 Å². The van der Waals surface area contributed by atoms with E-state index in [-0.39, 0.29) is 18.0 Å². The van der Waals surface area contributed by atoms with Crippen LogP contribution in [0.25, 0.3) is 0 Å². The van der Waals surface area contributed by atoms with Crippen molar-refractivity contribution in [2.75, 3.05) is 0 Å². The Balaban J connectivity index is 1.95. The molecule has 0 amide bonds. The van der Waals surface area contributed by atoms with Gasteiger partial charge in [-0.2, -0.15) is 0 Å². The largest absolute Gasteiger partial charge is 0.389 e. The zero-order chi connectivity index (χ0) is 18.0. The first kappa shape index (κ1) is 18.7. The average Bonchev–Trinajstić information content (AvgIpc) is 2.59. The maximum atomic E-state index is 11.4. The van der Waals surface area contributed by atoms with E-state index < -0.39 is 5.60 Å². The van der Waals surface area contributed by atoms with E-state index >= 15 is 0 Å². The minimum atomic E-state index is -0.700. The Kier molecular flexibility index (Phi) is 5.75. The topological polar surface area (TPSA) is 32.3 Å². The third kappa shape index (κ3) is 4.03. The highest BCUT2D eigenvalue weighted by molar-refractivity contribution is 6.30. The van der Waals surface area contributed by atoms with Crippen LogP contribution in [0, 0.1) is 5.92 Å². The zero-order valence-corrected chi connectivity index (χ0v) is 16.2. The van der Waals surface area contributed by atoms with Crippen LogP contribution in [0.2, 0.25) is 10.0 Å². The third-order valence-electron chi connectivity index (χ3n) is 5.47. The van der Waals surface area contributed by atoms with E-state index in [2.05, 4.69) is 19.2 Å². The Labute approximate surface area is 160 Å². The predicted molar refractivity (Wildman–Crippen MR) is 105 cm³/mol. The summed E-state index contributed by atoms with van der Waals surface area (Å²) in [5, 5.41) is 16.6. The van der Waals surface area contributed by atoms with E-state index in [9.17, 15) is 5.11 Å². The monoisotopic (exact) mass is 377 g/mol. The Hall–Kier alpha value is -1.06. The van der Waals surface area contributed by atoms with Crippen LogP contribution in [0.3, 0.4) is 0 Å². The lowest BCUT2D eigenvalue weighted by Gasteiger charge is -2.48. The van der Waals surface area contributed by atoms with Crippen LogP contribution in [0.5, 0.6) is 0 Å². The molecule has 4 heteroatoms. The second-order valence-electron chi connectivity index (χ2n) is 7.15. The van der Waals surface area contributed by atoms with Crippen molar-refractivity contribution in [3.63, 3.8) is 0 Å². The first-order valence-electron chi connectivity index (χ1n) is 8.92. The molecular weight excluding hydrogens is 353 g/mol. The molecule has 0 aromatic heterocycles. The SMILES string of the molecule is CCC[C@@]1(O)C[C@H](c2ccc(Cl)cc2)N[C@@H](c2ccc(Cl)cc2)[C@@H]1C. The molecule has 4 atom stereocenters. The number of aliphatic hydroxyl groups is 1. The molecule has 3 rings (SSSR count). The molecule has 0 radical (unpaired) electrons. The quantitative estimate of drug-likeness (QED) is 0.690. The minimum absolute atomic E-state index is 0.0724. The molecule has 134 valence electrons. The zero-order valence-electron chi connectivity index (χ0n) is 14.7. The van der Waals surface area contributed by atoms with Crippen molar-refractivity contribution in [1.29, 1.82) is 0 Å². The van der Waals surface area contributed by atoms with Crippen molar-refractivity contribution < 1.29 is 5.11 Å². The molecule has 0 saturated carbocycles. The van der Waals surface area contributed by atoms with Gasteiger partial charge in [0.25, 0.3) is 0 Å². The summed E-state index contributed by atoms with van der Waals surface area (Å²) in [6, 6.07) is 16.0. The second kappa shape index (κ2) is 7.67. The van der Waals surface area contributed by atoms with Crippen molar-refractivity contribution in [2.45, 2.75) is 50.8 Å². The van der Waals surface area contributed by atoms with Crippen LogP contribution in [-0.4, -0.2) is 10.7 Å². The summed E-state index contributed by atoms with van der Waals surface area (Å²) in [4.78, 5) is 0. The number of hydrogen-bond acceptors (Lipinski definition) is 2. The lowest BCUT2D eigenvalue weighted by Crippen LogP contribution is -2.52. The molecule has 2 aromatic rings. The summed E-state index contributed by atoms with van der Waals surface area (Å²) < 4.78 is 0. The Morgan fingerprint density at radius 3 is 2.04 bits per heavy atom. The minimum Gasteiger partial charge on any atom is -0.389 e. The molecule has 2 aromatic carbocycles. The van der Waals surface area contributed by atoms with Gasteiger partial charge in [-0.15, -0.1) is 0 Å². The van der Waals surface area contributed by atoms with Crippen molar-refractivity contribution in [3.05, 3.63) is 69.7 Å². The lowest BCUT2D eigenvalue weighted by atomic mass is 9.70. The summed E-state index contributed by atoms with van der Waals surface area (Å²) in [7, 11) is 0. The van der Waals surface area contributed by atoms with Gasteiger partial charge in [0.15, 0.2) is 0 Å². The van der Waals surface area contributed by atoms with Gasteiger partial charge >= 0.3 is 0 Å². The van der Waals surface area contributed by atoms with Gasteiger partial charge in [-0.1, -0.05) is 67.7 Å². The van der Waals surface area contributed by atoms with Crippen molar-refractivity contribution in [2.24, 2.45) is 5.92 Å². The normalized spacial score (nSPS) is 29.6. The molecule has 1 fully saturated rings. The second-order valence-corrected chi connectivity index (χ2v) is 8.02. The molecule has 0 spiro atoms. The van der Waals surface area contributed by atoms with Crippen LogP contribution in [0.15, 0.2) is 48.5 Å². The molecule has 1 aliphatic rings. The Morgan fingerprint density at radius 2 is 1.52 bits per heavy atom. The van der Waals surface area contributed by atoms with Crippen LogP contribution in [0.4, 0.5) is 0 Å². The fourth-order valence-corrected chi connectivity index (χ4v) is 4.25. The van der Waals surface area contributed by atoms with E-state index in [4.69, 9.17) is 23.2 Å². The third-order valence-corrected chi connectivity index (χ3v) is 5.97. The summed E-state index contributed by atoms with van der Waals surface area (Å²) in [5.41, 5.74) is 1.61. The van der Waals surface area contributed by atoms with E-state index in [1.807, 2.05) is 48.5 Å². The first-order valence-corrected chi connectivity index (χ1v) is 9.68. The molecule has 2 nitrogen and oxygen atoms in total. The molecule has 0 unspecified atom stereocenters. The fraction of sp³-hybridized carbons (Fsp3) is 0.429. The summed E-state index contributed by atoms with van der Waals surface area (Å²) >= 11 is 12.1. The molecule has 1 aliphatic heterocycles. The van der Waals surface area contributed by atoms with Crippen LogP contribution >= 0.6 is 23.2 Å². The Morgan fingerprint density at radius 1 is 1.00 bits per heavy atom. The summed E-state index contributed by atoms with van der Waals surface area (Å²) in [5.74, 6) is 0.108. The highest BCUT2D eigenvalue weighted by Gasteiger charge is 2.45. The molecule has 1 saturated heterocycles. The number of rotatable bonds is 4. The van der Waals surface area contributed by atoms with Gasteiger partial charge in [-0.05, 0) is 48.2 Å². The lowest BCUT2D eigenvalue weighted by molar-refractivity contribution is -0.0743. The van der Waals surface area contributed by atoms with Gasteiger partial charge in [0, 0.05) is 28.0 Å². The molecule has 0 aliphatic carbocycles. The first-order chi connectivity index (χ1) is 11.9. The molecule has 1 heterocycles. The number of piperidine rings is 1. The standard InChI is InChI=1S/C21H25Cl2NO/c1-3-12-21(25)13-19(15-4-8-17(22)9-5-15)24-20(14(21)2)16-6-10-18(23)11-7-16/h4-11,14,19-20,24-25H,3,12-13H2,1-2H3/t14-,19+,20+,21+/m0/s1. The summed E-state index contributed by atoms with van der Waals surface area (Å²) in [6.07, 6.45) is 2.46. The Bertz CT molecular complexity index is 701. The maximum Gasteiger partial charge on any atom is 0.0709 e. The smallest absolute Gasteiger partial charge is 0.0709 e. The van der Waals surface area contributed by atoms with Crippen LogP contribution in [-0.2, 0) is 0 Å². The van der Waals surface area contributed by atoms with Gasteiger partial charge in [0.2, 0.25) is 0 Å². The number of hydrogen-bond donors (Lipinski definition) is 2. The van der Waals surface area contributed by atoms with Gasteiger partial charge < -0.3 is 10.4 Å². The summed E-state index contributed by atoms with van der Waals surface area (Å²) in [6.45, 7) is 4.27. The van der Waals surface area contributed by atoms with E-state index in [0.29, 0.717) is 6.42 Å². The average molecular weight is 378 g/mol. The van der Waals surface area contributed by atoms with Gasteiger partial charge in [0.05, 0.1) is 5.60 Å². The molecular formula is C21H25Cl2NO. The maximum absolute atomic E-state index is 11.4. The van der Waals surface area contributed by atoms with Crippen LogP contribution < -0.4 is 5.32 Å². The fourth-order valence-electron chi connectivity index (χ4n) is 4.00. The van der Waals surface area contributed by atoms with E-state index in [1.165, 1.54) is 0 Å². The van der Waals surface area contributed by atoms with Crippen molar-refractivity contribution >= 4 is 23.2 Å². The van der Waals surface area contributed by atoms with E-state index in [0.717, 1.165) is 34.0 Å². The van der Waals surface area contributed by atoms with Gasteiger partial charge in [0.1, 0.15) is 0 Å². The van der Waals surface area contributed by atoms with Crippen molar-refractivity contribution in [1.82, 2.24) is 5.32 Å². The molecule has 25 heavy (non-hydrogen) atoms. The van der Waals surface area contributed by atoms with Crippen molar-refractivity contribution in [3.8, 4) is 0 Å². The van der Waals surface area contributed by atoms with Crippen LogP contribution in [0.1, 0.15) is 56.3 Å². The molecule has 2 N–H and O–H groups in total. The number of benzene rings is 2. The number of nitrogens with one attached hydrogen (secondary N) is 1. The highest BCUT2D eigenvalue weighted by atomic mass is 35.5. The van der Waals surface area contributed by atoms with Gasteiger partial charge in [-0.25, -0.2) is 0 Å². The van der Waals surface area contributed by atoms with Gasteiger partial charge in [-0.3, -0.25) is 0 Å². The molecule has 0 bridgehead atoms. The predicted octanol–water partition coefficient (Wildman–Crippen LogP) is 5.94. The highest BCUT2D eigenvalue weighted by Crippen LogP contribution is 2.45.